The number of aryl methyl sites for hydroxylation is 1. The smallest absolute Gasteiger partial charge is 0.463 e. The topological polar surface area (TPSA) is 55.4 Å². The molecule has 1 aromatic rings. The highest BCUT2D eigenvalue weighted by molar-refractivity contribution is 5.94. The molecule has 0 heterocycles. The zero-order chi connectivity index (χ0) is 13.8. The molecule has 1 N–H and O–H groups in total. The van der Waals surface area contributed by atoms with E-state index in [4.69, 9.17) is 0 Å². The Morgan fingerprint density at radius 3 is 2.67 bits per heavy atom. The molecular formula is C11H10F3NO3. The van der Waals surface area contributed by atoms with Crippen molar-refractivity contribution in [1.29, 1.82) is 0 Å². The van der Waals surface area contributed by atoms with Crippen LogP contribution < -0.4 is 5.32 Å². The molecule has 0 spiro atoms. The molecule has 0 radical (unpaired) electrons. The first-order valence-corrected chi connectivity index (χ1v) is 4.87. The zero-order valence-corrected chi connectivity index (χ0v) is 9.38. The number of ether oxygens (including phenoxy) is 1. The van der Waals surface area contributed by atoms with Gasteiger partial charge in [-0.05, 0) is 30.2 Å². The summed E-state index contributed by atoms with van der Waals surface area (Å²) >= 11 is 0. The van der Waals surface area contributed by atoms with Crippen LogP contribution in [-0.2, 0) is 20.9 Å². The molecule has 0 aliphatic heterocycles. The van der Waals surface area contributed by atoms with Gasteiger partial charge in [-0.1, -0.05) is 6.07 Å². The van der Waals surface area contributed by atoms with Crippen LogP contribution in [0.2, 0.25) is 0 Å². The van der Waals surface area contributed by atoms with E-state index in [1.54, 1.807) is 12.2 Å². The molecule has 0 aliphatic carbocycles. The molecule has 0 bridgehead atoms. The fourth-order valence-electron chi connectivity index (χ4n) is 1.23. The number of halogens is 3. The minimum atomic E-state index is -4.94. The molecule has 0 fully saturated rings. The molecular weight excluding hydrogens is 251 g/mol. The lowest BCUT2D eigenvalue weighted by atomic mass is 10.1. The van der Waals surface area contributed by atoms with E-state index in [1.807, 2.05) is 0 Å². The van der Waals surface area contributed by atoms with E-state index in [1.165, 1.54) is 18.2 Å². The molecule has 0 aromatic heterocycles. The van der Waals surface area contributed by atoms with Crippen molar-refractivity contribution >= 4 is 18.1 Å². The van der Waals surface area contributed by atoms with Gasteiger partial charge < -0.3 is 10.1 Å². The Balaban J connectivity index is 2.85. The van der Waals surface area contributed by atoms with Crippen LogP contribution in [0.4, 0.5) is 18.9 Å². The SMILES string of the molecule is Cc1ccc(NC(=O)C(F)(F)F)cc1COC=O. The number of alkyl halides is 3. The molecule has 1 amide bonds. The number of nitrogens with one attached hydrogen (secondary N) is 1. The van der Waals surface area contributed by atoms with Gasteiger partial charge in [0.25, 0.3) is 6.47 Å². The van der Waals surface area contributed by atoms with Crippen LogP contribution in [0.25, 0.3) is 0 Å². The fourth-order valence-corrected chi connectivity index (χ4v) is 1.23. The van der Waals surface area contributed by atoms with Crippen molar-refractivity contribution in [2.45, 2.75) is 19.7 Å². The number of carbonyl (C=O) groups is 2. The van der Waals surface area contributed by atoms with Gasteiger partial charge in [0, 0.05) is 5.69 Å². The summed E-state index contributed by atoms with van der Waals surface area (Å²) in [5, 5.41) is 1.72. The predicted octanol–water partition coefficient (Wildman–Crippen LogP) is 2.17. The molecule has 18 heavy (non-hydrogen) atoms. The maximum absolute atomic E-state index is 12.0. The highest BCUT2D eigenvalue weighted by atomic mass is 19.4. The van der Waals surface area contributed by atoms with Crippen molar-refractivity contribution in [2.24, 2.45) is 0 Å². The molecule has 1 aromatic carbocycles. The van der Waals surface area contributed by atoms with Crippen LogP contribution >= 0.6 is 0 Å². The van der Waals surface area contributed by atoms with E-state index in [-0.39, 0.29) is 18.8 Å². The number of hydrogen-bond donors (Lipinski definition) is 1. The standard InChI is InChI=1S/C11H10F3NO3/c1-7-2-3-9(4-8(7)5-18-6-16)15-10(17)11(12,13)14/h2-4,6H,5H2,1H3,(H,15,17). The Morgan fingerprint density at radius 1 is 1.44 bits per heavy atom. The molecule has 0 unspecified atom stereocenters. The summed E-state index contributed by atoms with van der Waals surface area (Å²) in [5.74, 6) is -2.05. The third-order valence-corrected chi connectivity index (χ3v) is 2.17. The second kappa shape index (κ2) is 5.52. The molecule has 4 nitrogen and oxygen atoms in total. The molecule has 7 heteroatoms. The van der Waals surface area contributed by atoms with Crippen LogP contribution in [0.15, 0.2) is 18.2 Å². The number of benzene rings is 1. The third-order valence-electron chi connectivity index (χ3n) is 2.17. The normalized spacial score (nSPS) is 10.9. The van der Waals surface area contributed by atoms with E-state index in [0.29, 0.717) is 5.56 Å². The minimum absolute atomic E-state index is 0.00701. The van der Waals surface area contributed by atoms with Gasteiger partial charge >= 0.3 is 12.1 Å². The van der Waals surface area contributed by atoms with Gasteiger partial charge in [-0.3, -0.25) is 9.59 Å². The lowest BCUT2D eigenvalue weighted by Gasteiger charge is -2.10. The van der Waals surface area contributed by atoms with Crippen molar-refractivity contribution in [3.8, 4) is 0 Å². The number of carbonyl (C=O) groups excluding carboxylic acids is 2. The average Bonchev–Trinajstić information content (AvgIpc) is 2.28. The molecule has 0 atom stereocenters. The van der Waals surface area contributed by atoms with Gasteiger partial charge in [0.2, 0.25) is 0 Å². The van der Waals surface area contributed by atoms with Crippen molar-refractivity contribution in [3.05, 3.63) is 29.3 Å². The average molecular weight is 261 g/mol. The molecule has 0 saturated carbocycles. The molecule has 98 valence electrons. The zero-order valence-electron chi connectivity index (χ0n) is 9.38. The van der Waals surface area contributed by atoms with Crippen molar-refractivity contribution < 1.29 is 27.5 Å². The second-order valence-corrected chi connectivity index (χ2v) is 3.50. The first-order valence-electron chi connectivity index (χ1n) is 4.87. The lowest BCUT2D eigenvalue weighted by molar-refractivity contribution is -0.167. The summed E-state index contributed by atoms with van der Waals surface area (Å²) in [6.07, 6.45) is -4.94. The Labute approximate surface area is 101 Å². The number of hydrogen-bond acceptors (Lipinski definition) is 3. The predicted molar refractivity (Wildman–Crippen MR) is 56.7 cm³/mol. The van der Waals surface area contributed by atoms with Gasteiger partial charge in [-0.15, -0.1) is 0 Å². The highest BCUT2D eigenvalue weighted by Crippen LogP contribution is 2.20. The van der Waals surface area contributed by atoms with E-state index >= 15 is 0 Å². The van der Waals surface area contributed by atoms with Gasteiger partial charge in [0.1, 0.15) is 6.61 Å². The molecule has 0 aliphatic rings. The Hall–Kier alpha value is -2.05. The quantitative estimate of drug-likeness (QED) is 0.845. The van der Waals surface area contributed by atoms with E-state index in [0.717, 1.165) is 5.56 Å². The van der Waals surface area contributed by atoms with E-state index < -0.39 is 12.1 Å². The van der Waals surface area contributed by atoms with Crippen LogP contribution in [0.5, 0.6) is 0 Å². The maximum atomic E-state index is 12.0. The van der Waals surface area contributed by atoms with Crippen molar-refractivity contribution in [1.82, 2.24) is 0 Å². The maximum Gasteiger partial charge on any atom is 0.471 e. The summed E-state index contributed by atoms with van der Waals surface area (Å²) in [4.78, 5) is 20.8. The molecule has 0 saturated heterocycles. The number of anilines is 1. The van der Waals surface area contributed by atoms with Gasteiger partial charge in [0.15, 0.2) is 0 Å². The van der Waals surface area contributed by atoms with Crippen LogP contribution in [-0.4, -0.2) is 18.6 Å². The Bertz CT molecular complexity index is 457. The third kappa shape index (κ3) is 3.76. The minimum Gasteiger partial charge on any atom is -0.463 e. The van der Waals surface area contributed by atoms with Crippen LogP contribution in [0.3, 0.4) is 0 Å². The van der Waals surface area contributed by atoms with Crippen molar-refractivity contribution in [3.63, 3.8) is 0 Å². The number of amides is 1. The first-order chi connectivity index (χ1) is 8.34. The second-order valence-electron chi connectivity index (χ2n) is 3.50. The summed E-state index contributed by atoms with van der Waals surface area (Å²) in [7, 11) is 0. The van der Waals surface area contributed by atoms with E-state index in [2.05, 4.69) is 4.74 Å². The monoisotopic (exact) mass is 261 g/mol. The van der Waals surface area contributed by atoms with Crippen LogP contribution in [0.1, 0.15) is 11.1 Å². The highest BCUT2D eigenvalue weighted by Gasteiger charge is 2.38. The van der Waals surface area contributed by atoms with E-state index in [9.17, 15) is 22.8 Å². The Kier molecular flexibility index (Phi) is 4.30. The summed E-state index contributed by atoms with van der Waals surface area (Å²) in [6.45, 7) is 1.88. The first kappa shape index (κ1) is 14.0. The van der Waals surface area contributed by atoms with Gasteiger partial charge in [-0.25, -0.2) is 0 Å². The van der Waals surface area contributed by atoms with Crippen molar-refractivity contribution in [2.75, 3.05) is 5.32 Å². The van der Waals surface area contributed by atoms with Gasteiger partial charge in [0.05, 0.1) is 0 Å². The lowest BCUT2D eigenvalue weighted by Crippen LogP contribution is -2.29. The summed E-state index contributed by atoms with van der Waals surface area (Å²) in [6, 6.07) is 4.18. The number of rotatable bonds is 4. The van der Waals surface area contributed by atoms with Crippen LogP contribution in [0, 0.1) is 6.92 Å². The fraction of sp³-hybridized carbons (Fsp3) is 0.273. The molecule has 1 rings (SSSR count). The Morgan fingerprint density at radius 2 is 2.11 bits per heavy atom. The summed E-state index contributed by atoms with van der Waals surface area (Å²) < 4.78 is 40.6. The summed E-state index contributed by atoms with van der Waals surface area (Å²) in [5.41, 5.74) is 1.25. The largest absolute Gasteiger partial charge is 0.471 e. The van der Waals surface area contributed by atoms with Gasteiger partial charge in [-0.2, -0.15) is 13.2 Å².